The van der Waals surface area contributed by atoms with E-state index >= 15 is 0 Å². The van der Waals surface area contributed by atoms with Crippen LogP contribution >= 0.6 is 0 Å². The van der Waals surface area contributed by atoms with Crippen molar-refractivity contribution >= 4 is 28.8 Å². The number of carboxylic acids is 1. The minimum absolute atomic E-state index is 0.193. The Morgan fingerprint density at radius 3 is 2.61 bits per heavy atom. The van der Waals surface area contributed by atoms with Crippen molar-refractivity contribution in [2.75, 3.05) is 20.2 Å². The summed E-state index contributed by atoms with van der Waals surface area (Å²) in [6.45, 7) is 3.95. The van der Waals surface area contributed by atoms with Gasteiger partial charge in [0.15, 0.2) is 0 Å². The Morgan fingerprint density at radius 2 is 1.91 bits per heavy atom. The number of carbonyl (C=O) groups is 3. The molecule has 0 saturated carbocycles. The van der Waals surface area contributed by atoms with Crippen molar-refractivity contribution in [2.45, 2.75) is 32.4 Å². The fourth-order valence-electron chi connectivity index (χ4n) is 4.84. The van der Waals surface area contributed by atoms with Gasteiger partial charge in [0.25, 0.3) is 0 Å². The molecule has 8 heteroatoms. The molecule has 5 rings (SSSR count). The van der Waals surface area contributed by atoms with Crippen LogP contribution in [0.5, 0.6) is 5.75 Å². The minimum atomic E-state index is -0.966. The number of carboxylic acid groups (broad SMARTS) is 1. The van der Waals surface area contributed by atoms with E-state index in [-0.39, 0.29) is 17.5 Å². The van der Waals surface area contributed by atoms with Crippen LogP contribution < -0.4 is 4.74 Å². The first kappa shape index (κ1) is 21.1. The van der Waals surface area contributed by atoms with Crippen LogP contribution in [-0.2, 0) is 17.9 Å². The molecule has 2 aliphatic heterocycles. The maximum Gasteiger partial charge on any atom is 0.335 e. The lowest BCUT2D eigenvalue weighted by molar-refractivity contribution is -0.132. The normalized spacial score (nSPS) is 17.5. The van der Waals surface area contributed by atoms with Gasteiger partial charge in [-0.1, -0.05) is 19.1 Å². The summed E-state index contributed by atoms with van der Waals surface area (Å²) in [7, 11) is 1.54. The number of ether oxygens (including phenoxy) is 1. The van der Waals surface area contributed by atoms with E-state index in [1.807, 2.05) is 18.2 Å². The molecule has 170 valence electrons. The molecule has 1 fully saturated rings. The number of aromatic nitrogens is 1. The highest BCUT2D eigenvalue weighted by Crippen LogP contribution is 2.41. The average Bonchev–Trinajstić information content (AvgIpc) is 3.13. The first-order chi connectivity index (χ1) is 15.9. The predicted molar refractivity (Wildman–Crippen MR) is 122 cm³/mol. The van der Waals surface area contributed by atoms with E-state index in [1.165, 1.54) is 11.9 Å². The zero-order valence-electron chi connectivity index (χ0n) is 18.6. The van der Waals surface area contributed by atoms with Gasteiger partial charge in [0, 0.05) is 36.7 Å². The van der Waals surface area contributed by atoms with Crippen molar-refractivity contribution in [2.24, 2.45) is 0 Å². The SMILES string of the molecule is CCCOc1ccc2c(c1)c1c(n2Cc2ccc(C(=O)O)cc2)CN2CC1C(=O)N(C)C2=O. The molecule has 1 saturated heterocycles. The molecule has 0 aliphatic carbocycles. The number of benzene rings is 2. The molecule has 2 aliphatic rings. The second kappa shape index (κ2) is 7.95. The molecular formula is C25H25N3O5. The Balaban J connectivity index is 1.65. The summed E-state index contributed by atoms with van der Waals surface area (Å²) in [6.07, 6.45) is 0.895. The molecule has 3 amide bonds. The first-order valence-electron chi connectivity index (χ1n) is 11.1. The maximum absolute atomic E-state index is 13.1. The smallest absolute Gasteiger partial charge is 0.335 e. The molecule has 1 unspecified atom stereocenters. The summed E-state index contributed by atoms with van der Waals surface area (Å²) in [4.78, 5) is 39.9. The molecule has 1 aromatic heterocycles. The molecule has 33 heavy (non-hydrogen) atoms. The Kier molecular flexibility index (Phi) is 5.08. The Bertz CT molecular complexity index is 1280. The van der Waals surface area contributed by atoms with Crippen molar-refractivity contribution < 1.29 is 24.2 Å². The van der Waals surface area contributed by atoms with Crippen molar-refractivity contribution in [3.05, 3.63) is 64.8 Å². The number of urea groups is 1. The molecule has 0 radical (unpaired) electrons. The molecular weight excluding hydrogens is 422 g/mol. The fraction of sp³-hybridized carbons (Fsp3) is 0.320. The highest BCUT2D eigenvalue weighted by atomic mass is 16.5. The third-order valence-corrected chi connectivity index (χ3v) is 6.48. The lowest BCUT2D eigenvalue weighted by Crippen LogP contribution is -2.56. The molecule has 8 nitrogen and oxygen atoms in total. The topological polar surface area (TPSA) is 92.1 Å². The van der Waals surface area contributed by atoms with Gasteiger partial charge in [-0.15, -0.1) is 0 Å². The van der Waals surface area contributed by atoms with E-state index < -0.39 is 11.9 Å². The van der Waals surface area contributed by atoms with Crippen molar-refractivity contribution in [3.63, 3.8) is 0 Å². The summed E-state index contributed by atoms with van der Waals surface area (Å²) in [5.41, 5.74) is 4.02. The van der Waals surface area contributed by atoms with Gasteiger partial charge < -0.3 is 19.3 Å². The second-order valence-electron chi connectivity index (χ2n) is 8.59. The van der Waals surface area contributed by atoms with Gasteiger partial charge in [-0.05, 0) is 47.9 Å². The highest BCUT2D eigenvalue weighted by molar-refractivity contribution is 6.04. The monoisotopic (exact) mass is 447 g/mol. The van der Waals surface area contributed by atoms with Crippen molar-refractivity contribution in [3.8, 4) is 5.75 Å². The third-order valence-electron chi connectivity index (χ3n) is 6.48. The number of hydrogen-bond donors (Lipinski definition) is 1. The fourth-order valence-corrected chi connectivity index (χ4v) is 4.84. The number of nitrogens with zero attached hydrogens (tertiary/aromatic N) is 3. The van der Waals surface area contributed by atoms with E-state index in [4.69, 9.17) is 4.74 Å². The third kappa shape index (κ3) is 3.42. The molecule has 2 aromatic carbocycles. The summed E-state index contributed by atoms with van der Waals surface area (Å²) in [6, 6.07) is 12.4. The molecule has 0 spiro atoms. The first-order valence-corrected chi connectivity index (χ1v) is 11.1. The van der Waals surface area contributed by atoms with Gasteiger partial charge in [0.1, 0.15) is 5.75 Å². The second-order valence-corrected chi connectivity index (χ2v) is 8.59. The molecule has 3 aromatic rings. The maximum atomic E-state index is 13.1. The molecule has 1 atom stereocenters. The Morgan fingerprint density at radius 1 is 1.15 bits per heavy atom. The van der Waals surface area contributed by atoms with E-state index in [1.54, 1.807) is 29.2 Å². The number of hydrogen-bond acceptors (Lipinski definition) is 4. The van der Waals surface area contributed by atoms with Gasteiger partial charge >= 0.3 is 12.0 Å². The predicted octanol–water partition coefficient (Wildman–Crippen LogP) is 3.67. The highest BCUT2D eigenvalue weighted by Gasteiger charge is 2.44. The van der Waals surface area contributed by atoms with Crippen LogP contribution in [0, 0.1) is 0 Å². The van der Waals surface area contributed by atoms with Crippen LogP contribution in [0.4, 0.5) is 4.79 Å². The van der Waals surface area contributed by atoms with Gasteiger partial charge in [-0.25, -0.2) is 9.59 Å². The van der Waals surface area contributed by atoms with E-state index in [0.29, 0.717) is 26.2 Å². The van der Waals surface area contributed by atoms with Gasteiger partial charge in [0.2, 0.25) is 5.91 Å². The number of aromatic carboxylic acids is 1. The summed E-state index contributed by atoms with van der Waals surface area (Å²) >= 11 is 0. The van der Waals surface area contributed by atoms with Crippen LogP contribution in [0.3, 0.4) is 0 Å². The van der Waals surface area contributed by atoms with Gasteiger partial charge in [-0.3, -0.25) is 9.69 Å². The number of imide groups is 1. The number of fused-ring (bicyclic) bond motifs is 6. The number of rotatable bonds is 6. The van der Waals surface area contributed by atoms with E-state index in [0.717, 1.165) is 39.9 Å². The zero-order chi connectivity index (χ0) is 23.3. The van der Waals surface area contributed by atoms with Gasteiger partial charge in [-0.2, -0.15) is 0 Å². The van der Waals surface area contributed by atoms with Crippen LogP contribution in [-0.4, -0.2) is 57.6 Å². The number of likely N-dealkylation sites (N-methyl/N-ethyl adjacent to an activating group) is 1. The quantitative estimate of drug-likeness (QED) is 0.623. The largest absolute Gasteiger partial charge is 0.494 e. The summed E-state index contributed by atoms with van der Waals surface area (Å²) in [5, 5.41) is 10.2. The number of carbonyl (C=O) groups excluding carboxylic acids is 2. The van der Waals surface area contributed by atoms with Crippen LogP contribution in [0.2, 0.25) is 0 Å². The van der Waals surface area contributed by atoms with Gasteiger partial charge in [0.05, 0.1) is 24.6 Å². The van der Waals surface area contributed by atoms with Crippen LogP contribution in [0.15, 0.2) is 42.5 Å². The minimum Gasteiger partial charge on any atom is -0.494 e. The lowest BCUT2D eigenvalue weighted by atomic mass is 9.89. The van der Waals surface area contributed by atoms with Crippen LogP contribution in [0.1, 0.15) is 46.4 Å². The van der Waals surface area contributed by atoms with E-state index in [9.17, 15) is 19.5 Å². The number of amides is 3. The Hall–Kier alpha value is -3.81. The summed E-state index contributed by atoms with van der Waals surface area (Å²) < 4.78 is 8.00. The van der Waals surface area contributed by atoms with Crippen molar-refractivity contribution in [1.29, 1.82) is 0 Å². The average molecular weight is 447 g/mol. The summed E-state index contributed by atoms with van der Waals surface area (Å²) in [5.74, 6) is -0.824. The lowest BCUT2D eigenvalue weighted by Gasteiger charge is -2.41. The van der Waals surface area contributed by atoms with Crippen LogP contribution in [0.25, 0.3) is 10.9 Å². The molecule has 2 bridgehead atoms. The van der Waals surface area contributed by atoms with Crippen molar-refractivity contribution in [1.82, 2.24) is 14.4 Å². The molecule has 3 heterocycles. The standard InChI is InChI=1S/C25H25N3O5/c1-3-10-33-17-8-9-20-18(11-17)22-19-13-27(25(32)26(2)23(19)29)14-21(22)28(20)12-15-4-6-16(7-5-15)24(30)31/h4-9,11,19H,3,10,12-14H2,1-2H3,(H,30,31). The van der Waals surface area contributed by atoms with E-state index in [2.05, 4.69) is 11.5 Å². The zero-order valence-corrected chi connectivity index (χ0v) is 18.6. The molecule has 1 N–H and O–H groups in total. The Labute approximate surface area is 191 Å².